The van der Waals surface area contributed by atoms with Crippen LogP contribution in [0.1, 0.15) is 61.1 Å². The van der Waals surface area contributed by atoms with Gasteiger partial charge in [-0.1, -0.05) is 19.3 Å². The van der Waals surface area contributed by atoms with Gasteiger partial charge in [-0.25, -0.2) is 4.79 Å². The number of rotatable bonds is 3. The largest absolute Gasteiger partial charge is 0.477 e. The summed E-state index contributed by atoms with van der Waals surface area (Å²) in [4.78, 5) is 11.2. The Morgan fingerprint density at radius 2 is 2.00 bits per heavy atom. The van der Waals surface area contributed by atoms with Crippen LogP contribution in [-0.4, -0.2) is 20.9 Å². The minimum absolute atomic E-state index is 0.183. The molecule has 7 heteroatoms. The third-order valence-corrected chi connectivity index (χ3v) is 4.02. The van der Waals surface area contributed by atoms with Crippen molar-refractivity contribution in [3.05, 3.63) is 17.5 Å². The van der Waals surface area contributed by atoms with E-state index in [4.69, 9.17) is 5.11 Å². The van der Waals surface area contributed by atoms with Crippen LogP contribution in [0.2, 0.25) is 0 Å². The molecule has 0 bridgehead atoms. The summed E-state index contributed by atoms with van der Waals surface area (Å²) in [6.45, 7) is 1.75. The first-order valence-electron chi connectivity index (χ1n) is 6.70. The van der Waals surface area contributed by atoms with Gasteiger partial charge in [0.1, 0.15) is 5.56 Å². The Hall–Kier alpha value is -1.53. The third-order valence-electron chi connectivity index (χ3n) is 4.02. The average molecular weight is 290 g/mol. The van der Waals surface area contributed by atoms with Gasteiger partial charge in [-0.3, -0.25) is 4.68 Å². The molecular weight excluding hydrogens is 273 g/mol. The molecule has 0 spiro atoms. The minimum atomic E-state index is -4.70. The molecule has 0 saturated heterocycles. The maximum Gasteiger partial charge on any atom is 0.420 e. The number of halogens is 3. The van der Waals surface area contributed by atoms with Gasteiger partial charge in [0.15, 0.2) is 5.69 Å². The van der Waals surface area contributed by atoms with E-state index in [9.17, 15) is 18.0 Å². The first-order chi connectivity index (χ1) is 9.32. The van der Waals surface area contributed by atoms with E-state index in [0.29, 0.717) is 6.20 Å². The second-order valence-corrected chi connectivity index (χ2v) is 5.29. The van der Waals surface area contributed by atoms with Crippen LogP contribution in [-0.2, 0) is 6.18 Å². The zero-order chi connectivity index (χ0) is 14.9. The van der Waals surface area contributed by atoms with Crippen molar-refractivity contribution in [2.75, 3.05) is 0 Å². The average Bonchev–Trinajstić information content (AvgIpc) is 2.83. The van der Waals surface area contributed by atoms with Crippen LogP contribution in [0, 0.1) is 5.92 Å². The SMILES string of the molecule is CC(C1CCCCC1)n1ncc(C(F)(F)F)c1C(=O)O. The second-order valence-electron chi connectivity index (χ2n) is 5.29. The van der Waals surface area contributed by atoms with E-state index in [-0.39, 0.29) is 12.0 Å². The number of hydrogen-bond acceptors (Lipinski definition) is 2. The Kier molecular flexibility index (Phi) is 4.06. The topological polar surface area (TPSA) is 55.1 Å². The van der Waals surface area contributed by atoms with Gasteiger partial charge in [-0.15, -0.1) is 0 Å². The van der Waals surface area contributed by atoms with Crippen LogP contribution in [0.5, 0.6) is 0 Å². The number of aromatic nitrogens is 2. The summed E-state index contributed by atoms with van der Waals surface area (Å²) in [6.07, 6.45) is 0.918. The van der Waals surface area contributed by atoms with Crippen molar-refractivity contribution in [2.24, 2.45) is 5.92 Å². The van der Waals surface area contributed by atoms with Crippen LogP contribution in [0.25, 0.3) is 0 Å². The molecule has 0 aromatic carbocycles. The molecule has 0 amide bonds. The molecule has 0 radical (unpaired) electrons. The van der Waals surface area contributed by atoms with Crippen LogP contribution in [0.3, 0.4) is 0 Å². The smallest absolute Gasteiger partial charge is 0.420 e. The van der Waals surface area contributed by atoms with Crippen molar-refractivity contribution >= 4 is 5.97 Å². The Morgan fingerprint density at radius 3 is 2.50 bits per heavy atom. The maximum atomic E-state index is 12.8. The minimum Gasteiger partial charge on any atom is -0.477 e. The van der Waals surface area contributed by atoms with E-state index in [0.717, 1.165) is 36.8 Å². The predicted octanol–water partition coefficient (Wildman–Crippen LogP) is 3.74. The normalized spacial score (nSPS) is 19.0. The molecule has 1 aromatic heterocycles. The van der Waals surface area contributed by atoms with Gasteiger partial charge in [0.05, 0.1) is 12.2 Å². The summed E-state index contributed by atoms with van der Waals surface area (Å²) in [5.74, 6) is -1.40. The summed E-state index contributed by atoms with van der Waals surface area (Å²) < 4.78 is 39.5. The summed E-state index contributed by atoms with van der Waals surface area (Å²) in [6, 6.07) is -0.336. The molecule has 1 aliphatic carbocycles. The lowest BCUT2D eigenvalue weighted by Crippen LogP contribution is -2.24. The van der Waals surface area contributed by atoms with Crippen LogP contribution < -0.4 is 0 Å². The first kappa shape index (κ1) is 14.9. The molecule has 1 N–H and O–H groups in total. The molecule has 112 valence electrons. The fourth-order valence-electron chi connectivity index (χ4n) is 2.91. The number of nitrogens with zero attached hydrogens (tertiary/aromatic N) is 2. The van der Waals surface area contributed by atoms with Gasteiger partial charge in [-0.05, 0) is 25.7 Å². The van der Waals surface area contributed by atoms with Gasteiger partial charge in [0.2, 0.25) is 0 Å². The molecule has 1 unspecified atom stereocenters. The number of carboxylic acid groups (broad SMARTS) is 1. The molecule has 0 aliphatic heterocycles. The molecule has 1 atom stereocenters. The lowest BCUT2D eigenvalue weighted by Gasteiger charge is -2.28. The van der Waals surface area contributed by atoms with E-state index < -0.39 is 23.4 Å². The molecule has 1 fully saturated rings. The lowest BCUT2D eigenvalue weighted by molar-refractivity contribution is -0.138. The lowest BCUT2D eigenvalue weighted by atomic mass is 9.84. The third kappa shape index (κ3) is 2.81. The molecule has 1 saturated carbocycles. The molecule has 1 heterocycles. The van der Waals surface area contributed by atoms with Gasteiger partial charge in [-0.2, -0.15) is 18.3 Å². The summed E-state index contributed by atoms with van der Waals surface area (Å²) in [7, 11) is 0. The number of alkyl halides is 3. The van der Waals surface area contributed by atoms with E-state index in [1.807, 2.05) is 0 Å². The van der Waals surface area contributed by atoms with Crippen molar-refractivity contribution < 1.29 is 23.1 Å². The monoisotopic (exact) mass is 290 g/mol. The zero-order valence-electron chi connectivity index (χ0n) is 11.2. The number of hydrogen-bond donors (Lipinski definition) is 1. The fourth-order valence-corrected chi connectivity index (χ4v) is 2.91. The van der Waals surface area contributed by atoms with Crippen molar-refractivity contribution in [3.63, 3.8) is 0 Å². The van der Waals surface area contributed by atoms with Gasteiger partial charge >= 0.3 is 12.1 Å². The Bertz CT molecular complexity index is 490. The Balaban J connectivity index is 2.36. The number of carboxylic acids is 1. The highest BCUT2D eigenvalue weighted by Gasteiger charge is 2.40. The summed E-state index contributed by atoms with van der Waals surface area (Å²) in [5.41, 5.74) is -1.93. The molecular formula is C13H17F3N2O2. The predicted molar refractivity (Wildman–Crippen MR) is 65.5 cm³/mol. The van der Waals surface area contributed by atoms with Gasteiger partial charge in [0.25, 0.3) is 0 Å². The highest BCUT2D eigenvalue weighted by Crippen LogP contribution is 2.37. The van der Waals surface area contributed by atoms with E-state index in [1.54, 1.807) is 6.92 Å². The molecule has 2 rings (SSSR count). The van der Waals surface area contributed by atoms with Crippen molar-refractivity contribution in [3.8, 4) is 0 Å². The number of carbonyl (C=O) groups is 1. The van der Waals surface area contributed by atoms with E-state index in [2.05, 4.69) is 5.10 Å². The highest BCUT2D eigenvalue weighted by atomic mass is 19.4. The Labute approximate surface area is 114 Å². The first-order valence-corrected chi connectivity index (χ1v) is 6.70. The van der Waals surface area contributed by atoms with Crippen molar-refractivity contribution in [1.82, 2.24) is 9.78 Å². The fraction of sp³-hybridized carbons (Fsp3) is 0.692. The maximum absolute atomic E-state index is 12.8. The quantitative estimate of drug-likeness (QED) is 0.922. The van der Waals surface area contributed by atoms with E-state index >= 15 is 0 Å². The van der Waals surface area contributed by atoms with Gasteiger partial charge < -0.3 is 5.11 Å². The molecule has 1 aromatic rings. The molecule has 20 heavy (non-hydrogen) atoms. The Morgan fingerprint density at radius 1 is 1.40 bits per heavy atom. The van der Waals surface area contributed by atoms with Crippen LogP contribution in [0.4, 0.5) is 13.2 Å². The number of aromatic carboxylic acids is 1. The van der Waals surface area contributed by atoms with Crippen LogP contribution in [0.15, 0.2) is 6.20 Å². The zero-order valence-corrected chi connectivity index (χ0v) is 11.2. The van der Waals surface area contributed by atoms with Gasteiger partial charge in [0, 0.05) is 0 Å². The highest BCUT2D eigenvalue weighted by molar-refractivity contribution is 5.87. The molecule has 1 aliphatic rings. The van der Waals surface area contributed by atoms with Crippen molar-refractivity contribution in [2.45, 2.75) is 51.2 Å². The second kappa shape index (κ2) is 5.46. The van der Waals surface area contributed by atoms with Crippen molar-refractivity contribution in [1.29, 1.82) is 0 Å². The summed E-state index contributed by atoms with van der Waals surface area (Å²) in [5, 5.41) is 12.8. The standard InChI is InChI=1S/C13H17F3N2O2/c1-8(9-5-3-2-4-6-9)18-11(12(19)20)10(7-17-18)13(14,15)16/h7-9H,2-6H2,1H3,(H,19,20). The molecule has 4 nitrogen and oxygen atoms in total. The van der Waals surface area contributed by atoms with Crippen LogP contribution >= 0.6 is 0 Å². The van der Waals surface area contributed by atoms with E-state index in [1.165, 1.54) is 0 Å². The summed E-state index contributed by atoms with van der Waals surface area (Å²) >= 11 is 0.